The lowest BCUT2D eigenvalue weighted by Crippen LogP contribution is -2.34. The number of imidazole rings is 1. The molecule has 0 aliphatic carbocycles. The van der Waals surface area contributed by atoms with Gasteiger partial charge in [-0.1, -0.05) is 133 Å². The van der Waals surface area contributed by atoms with Gasteiger partial charge in [0.15, 0.2) is 0 Å². The summed E-state index contributed by atoms with van der Waals surface area (Å²) in [5.41, 5.74) is 2.78. The lowest BCUT2D eigenvalue weighted by Gasteiger charge is -2.38. The number of nitrogens with zero attached hydrogens (tertiary/aromatic N) is 2. The zero-order chi connectivity index (χ0) is 24.1. The Hall–Kier alpha value is -2.35. The average Bonchev–Trinajstić information content (AvgIpc) is 3.32. The van der Waals surface area contributed by atoms with Crippen LogP contribution in [0.1, 0.15) is 108 Å². The van der Waals surface area contributed by atoms with Crippen LogP contribution in [-0.2, 0) is 18.4 Å². The van der Waals surface area contributed by atoms with E-state index < -0.39 is 0 Å². The zero-order valence-corrected chi connectivity index (χ0v) is 21.9. The maximum absolute atomic E-state index is 4.94. The van der Waals surface area contributed by atoms with E-state index in [9.17, 15) is 0 Å². The minimum Gasteiger partial charge on any atom is -0.335 e. The third-order valence-corrected chi connectivity index (χ3v) is 7.59. The van der Waals surface area contributed by atoms with Crippen molar-refractivity contribution in [2.24, 2.45) is 0 Å². The number of hydrogen-bond donors (Lipinski definition) is 0. The fourth-order valence-electron chi connectivity index (χ4n) is 5.60. The first-order valence-corrected chi connectivity index (χ1v) is 13.8. The highest BCUT2D eigenvalue weighted by atomic mass is 15.1. The van der Waals surface area contributed by atoms with Crippen LogP contribution in [0.4, 0.5) is 0 Å². The molecule has 0 bridgehead atoms. The molecule has 0 fully saturated rings. The predicted octanol–water partition coefficient (Wildman–Crippen LogP) is 9.11. The molecule has 2 heteroatoms. The monoisotopic (exact) mass is 458 g/mol. The van der Waals surface area contributed by atoms with Crippen molar-refractivity contribution in [3.05, 3.63) is 90.0 Å². The van der Waals surface area contributed by atoms with E-state index in [1.807, 2.05) is 6.20 Å². The van der Waals surface area contributed by atoms with Crippen molar-refractivity contribution in [1.29, 1.82) is 0 Å². The molecule has 0 radical (unpaired) electrons. The smallest absolute Gasteiger partial charge is 0.112 e. The van der Waals surface area contributed by atoms with Crippen LogP contribution in [-0.4, -0.2) is 9.55 Å². The van der Waals surface area contributed by atoms with E-state index in [0.29, 0.717) is 5.92 Å². The molecule has 0 saturated heterocycles. The Balaban J connectivity index is 1.68. The molecule has 0 N–H and O–H groups in total. The molecule has 2 atom stereocenters. The summed E-state index contributed by atoms with van der Waals surface area (Å²) in [7, 11) is 0. The standard InChI is InChI=1S/C32H46N2/c1-4-6-7-8-9-10-11-12-19-25-34-26-24-33-31(34)30(5-2)32(3,29-22-17-14-18-23-29)27-28-20-15-13-16-21-28/h13-18,20-24,26,30H,4-12,19,25,27H2,1-3H3. The highest BCUT2D eigenvalue weighted by Crippen LogP contribution is 2.43. The minimum absolute atomic E-state index is 0.0149. The molecule has 0 amide bonds. The van der Waals surface area contributed by atoms with E-state index in [0.717, 1.165) is 19.4 Å². The molecule has 2 nitrogen and oxygen atoms in total. The van der Waals surface area contributed by atoms with Crippen molar-refractivity contribution in [3.63, 3.8) is 0 Å². The molecule has 0 aliphatic heterocycles. The Morgan fingerprint density at radius 1 is 0.765 bits per heavy atom. The summed E-state index contributed by atoms with van der Waals surface area (Å²) >= 11 is 0. The average molecular weight is 459 g/mol. The van der Waals surface area contributed by atoms with E-state index in [2.05, 4.69) is 92.2 Å². The fourth-order valence-corrected chi connectivity index (χ4v) is 5.60. The second kappa shape index (κ2) is 14.1. The summed E-state index contributed by atoms with van der Waals surface area (Å²) in [4.78, 5) is 4.94. The Bertz CT molecular complexity index is 914. The van der Waals surface area contributed by atoms with Gasteiger partial charge in [-0.25, -0.2) is 4.98 Å². The van der Waals surface area contributed by atoms with Crippen LogP contribution in [0.5, 0.6) is 0 Å². The molecule has 34 heavy (non-hydrogen) atoms. The third-order valence-electron chi connectivity index (χ3n) is 7.59. The van der Waals surface area contributed by atoms with Crippen LogP contribution in [0.3, 0.4) is 0 Å². The van der Waals surface area contributed by atoms with Crippen LogP contribution >= 0.6 is 0 Å². The van der Waals surface area contributed by atoms with Crippen molar-refractivity contribution >= 4 is 0 Å². The van der Waals surface area contributed by atoms with Gasteiger partial charge in [-0.3, -0.25) is 0 Å². The Kier molecular flexibility index (Phi) is 10.9. The molecule has 3 aromatic rings. The molecule has 0 aliphatic rings. The van der Waals surface area contributed by atoms with E-state index in [1.165, 1.54) is 74.7 Å². The molecule has 3 rings (SSSR count). The van der Waals surface area contributed by atoms with Crippen LogP contribution < -0.4 is 0 Å². The van der Waals surface area contributed by atoms with Gasteiger partial charge in [-0.2, -0.15) is 0 Å². The van der Waals surface area contributed by atoms with Crippen LogP contribution in [0.15, 0.2) is 73.1 Å². The maximum atomic E-state index is 4.94. The molecule has 0 saturated carbocycles. The number of unbranched alkanes of at least 4 members (excludes halogenated alkanes) is 8. The van der Waals surface area contributed by atoms with Crippen molar-refractivity contribution in [1.82, 2.24) is 9.55 Å². The maximum Gasteiger partial charge on any atom is 0.112 e. The van der Waals surface area contributed by atoms with Gasteiger partial charge in [0.2, 0.25) is 0 Å². The largest absolute Gasteiger partial charge is 0.335 e. The summed E-state index contributed by atoms with van der Waals surface area (Å²) < 4.78 is 2.45. The number of aryl methyl sites for hydroxylation is 1. The second-order valence-electron chi connectivity index (χ2n) is 10.2. The SMILES string of the molecule is CCCCCCCCCCCn1ccnc1C(CC)C(C)(Cc1ccccc1)c1ccccc1. The third kappa shape index (κ3) is 7.32. The van der Waals surface area contributed by atoms with E-state index >= 15 is 0 Å². The molecule has 1 aromatic heterocycles. The summed E-state index contributed by atoms with van der Waals surface area (Å²) in [5.74, 6) is 1.62. The quantitative estimate of drug-likeness (QED) is 0.196. The molecule has 184 valence electrons. The molecular weight excluding hydrogens is 412 g/mol. The van der Waals surface area contributed by atoms with Gasteiger partial charge in [0.05, 0.1) is 0 Å². The first-order valence-electron chi connectivity index (χ1n) is 13.8. The molecule has 2 unspecified atom stereocenters. The summed E-state index contributed by atoms with van der Waals surface area (Å²) in [6.45, 7) is 8.14. The normalized spacial score (nSPS) is 14.1. The highest BCUT2D eigenvalue weighted by Gasteiger charge is 2.38. The number of hydrogen-bond acceptors (Lipinski definition) is 1. The first-order chi connectivity index (χ1) is 16.7. The molecule has 1 heterocycles. The Morgan fingerprint density at radius 3 is 1.97 bits per heavy atom. The molecule has 2 aromatic carbocycles. The van der Waals surface area contributed by atoms with Gasteiger partial charge < -0.3 is 4.57 Å². The number of aromatic nitrogens is 2. The van der Waals surface area contributed by atoms with Crippen molar-refractivity contribution in [3.8, 4) is 0 Å². The lowest BCUT2D eigenvalue weighted by atomic mass is 9.66. The van der Waals surface area contributed by atoms with Gasteiger partial charge in [-0.15, -0.1) is 0 Å². The van der Waals surface area contributed by atoms with Gasteiger partial charge in [0, 0.05) is 30.3 Å². The van der Waals surface area contributed by atoms with Crippen LogP contribution in [0.2, 0.25) is 0 Å². The van der Waals surface area contributed by atoms with Crippen molar-refractivity contribution in [2.75, 3.05) is 0 Å². The summed E-state index contributed by atoms with van der Waals surface area (Å²) in [5, 5.41) is 0. The van der Waals surface area contributed by atoms with E-state index in [4.69, 9.17) is 4.98 Å². The number of benzene rings is 2. The Labute approximate surface area is 208 Å². The van der Waals surface area contributed by atoms with Gasteiger partial charge >= 0.3 is 0 Å². The van der Waals surface area contributed by atoms with Crippen LogP contribution in [0.25, 0.3) is 0 Å². The predicted molar refractivity (Wildman–Crippen MR) is 146 cm³/mol. The Morgan fingerprint density at radius 2 is 1.35 bits per heavy atom. The molecule has 0 spiro atoms. The fraction of sp³-hybridized carbons (Fsp3) is 0.531. The summed E-state index contributed by atoms with van der Waals surface area (Å²) in [6.07, 6.45) is 18.6. The summed E-state index contributed by atoms with van der Waals surface area (Å²) in [6, 6.07) is 22.1. The number of rotatable bonds is 16. The van der Waals surface area contributed by atoms with E-state index in [1.54, 1.807) is 0 Å². The first kappa shape index (κ1) is 26.3. The van der Waals surface area contributed by atoms with E-state index in [-0.39, 0.29) is 5.41 Å². The topological polar surface area (TPSA) is 17.8 Å². The molecular formula is C32H46N2. The lowest BCUT2D eigenvalue weighted by molar-refractivity contribution is 0.338. The van der Waals surface area contributed by atoms with Gasteiger partial charge in [0.25, 0.3) is 0 Å². The zero-order valence-electron chi connectivity index (χ0n) is 21.9. The van der Waals surface area contributed by atoms with Gasteiger partial charge in [0.1, 0.15) is 5.82 Å². The second-order valence-corrected chi connectivity index (χ2v) is 10.2. The van der Waals surface area contributed by atoms with Gasteiger partial charge in [-0.05, 0) is 30.4 Å². The highest BCUT2D eigenvalue weighted by molar-refractivity contribution is 5.33. The van der Waals surface area contributed by atoms with Crippen molar-refractivity contribution in [2.45, 2.75) is 109 Å². The minimum atomic E-state index is -0.0149. The van der Waals surface area contributed by atoms with Crippen LogP contribution in [0, 0.1) is 0 Å². The van der Waals surface area contributed by atoms with Crippen molar-refractivity contribution < 1.29 is 0 Å².